The molecule has 8 heteroatoms. The molecule has 1 aliphatic rings. The highest BCUT2D eigenvalue weighted by atomic mass is 16.5. The molecule has 1 saturated heterocycles. The Kier molecular flexibility index (Phi) is 5.33. The summed E-state index contributed by atoms with van der Waals surface area (Å²) in [6, 6.07) is 19.7. The van der Waals surface area contributed by atoms with Gasteiger partial charge in [0.1, 0.15) is 11.6 Å². The summed E-state index contributed by atoms with van der Waals surface area (Å²) in [5, 5.41) is 11.2. The normalized spacial score (nSPS) is 13.9. The van der Waals surface area contributed by atoms with Crippen LogP contribution in [0.5, 0.6) is 5.75 Å². The van der Waals surface area contributed by atoms with Gasteiger partial charge in [0, 0.05) is 37.8 Å². The Morgan fingerprint density at radius 2 is 1.84 bits per heavy atom. The molecule has 1 aliphatic heterocycles. The van der Waals surface area contributed by atoms with Crippen molar-refractivity contribution in [2.45, 2.75) is 0 Å². The molecule has 2 N–H and O–H groups in total. The fourth-order valence-electron chi connectivity index (χ4n) is 3.96. The number of methoxy groups -OCH3 is 1. The van der Waals surface area contributed by atoms with E-state index in [2.05, 4.69) is 25.4 Å². The average molecular weight is 428 g/mol. The molecule has 3 heterocycles. The topological polar surface area (TPSA) is 86.4 Å². The van der Waals surface area contributed by atoms with Gasteiger partial charge in [-0.2, -0.15) is 5.10 Å². The number of carbonyl (C=O) groups excluding carboxylic acids is 1. The van der Waals surface area contributed by atoms with E-state index in [0.717, 1.165) is 46.7 Å². The van der Waals surface area contributed by atoms with Crippen molar-refractivity contribution in [3.8, 4) is 16.9 Å². The van der Waals surface area contributed by atoms with Crippen molar-refractivity contribution in [2.75, 3.05) is 43.5 Å². The maximum absolute atomic E-state index is 12.8. The van der Waals surface area contributed by atoms with E-state index in [0.29, 0.717) is 18.9 Å². The number of nitrogens with one attached hydrogen (secondary N) is 2. The van der Waals surface area contributed by atoms with Crippen molar-refractivity contribution in [3.05, 3.63) is 66.9 Å². The van der Waals surface area contributed by atoms with Crippen molar-refractivity contribution in [1.29, 1.82) is 0 Å². The summed E-state index contributed by atoms with van der Waals surface area (Å²) in [6.07, 6.45) is 1.79. The zero-order valence-corrected chi connectivity index (χ0v) is 17.8. The molecular formula is C24H24N6O2. The van der Waals surface area contributed by atoms with Crippen molar-refractivity contribution >= 4 is 28.6 Å². The number of aromatic amines is 1. The minimum Gasteiger partial charge on any atom is -0.497 e. The van der Waals surface area contributed by atoms with Crippen LogP contribution in [0.2, 0.25) is 0 Å². The number of piperazine rings is 1. The Bertz CT molecular complexity index is 1230. The highest BCUT2D eigenvalue weighted by Crippen LogP contribution is 2.29. The van der Waals surface area contributed by atoms with Gasteiger partial charge in [-0.3, -0.25) is 10.4 Å². The molecule has 2 aromatic carbocycles. The van der Waals surface area contributed by atoms with Crippen LogP contribution < -0.4 is 15.0 Å². The zero-order valence-electron chi connectivity index (χ0n) is 17.8. The van der Waals surface area contributed by atoms with E-state index in [1.165, 1.54) is 0 Å². The number of rotatable bonds is 4. The number of nitrogens with zero attached hydrogens (tertiary/aromatic N) is 4. The van der Waals surface area contributed by atoms with E-state index in [9.17, 15) is 4.79 Å². The smallest absolute Gasteiger partial charge is 0.323 e. The molecular weight excluding hydrogens is 404 g/mol. The summed E-state index contributed by atoms with van der Waals surface area (Å²) >= 11 is 0. The van der Waals surface area contributed by atoms with Gasteiger partial charge in [-0.25, -0.2) is 9.78 Å². The van der Waals surface area contributed by atoms with Crippen molar-refractivity contribution in [3.63, 3.8) is 0 Å². The van der Waals surface area contributed by atoms with Crippen LogP contribution in [-0.4, -0.2) is 59.4 Å². The predicted octanol–water partition coefficient (Wildman–Crippen LogP) is 3.99. The maximum Gasteiger partial charge on any atom is 0.323 e. The molecule has 1 fully saturated rings. The molecule has 5 rings (SSSR count). The van der Waals surface area contributed by atoms with Crippen LogP contribution in [0.25, 0.3) is 22.0 Å². The number of pyridine rings is 1. The molecule has 2 aromatic heterocycles. The Morgan fingerprint density at radius 3 is 2.62 bits per heavy atom. The molecule has 32 heavy (non-hydrogen) atoms. The molecule has 8 nitrogen and oxygen atoms in total. The predicted molar refractivity (Wildman–Crippen MR) is 125 cm³/mol. The number of urea groups is 1. The van der Waals surface area contributed by atoms with Crippen LogP contribution in [-0.2, 0) is 0 Å². The van der Waals surface area contributed by atoms with Crippen LogP contribution in [0, 0.1) is 0 Å². The second kappa shape index (κ2) is 8.58. The largest absolute Gasteiger partial charge is 0.497 e. The second-order valence-electron chi connectivity index (χ2n) is 7.66. The molecule has 0 radical (unpaired) electrons. The number of ether oxygens (including phenoxy) is 1. The van der Waals surface area contributed by atoms with Gasteiger partial charge in [0.25, 0.3) is 0 Å². The lowest BCUT2D eigenvalue weighted by Crippen LogP contribution is -2.50. The van der Waals surface area contributed by atoms with E-state index < -0.39 is 0 Å². The number of H-pyrrole nitrogens is 1. The number of aromatic nitrogens is 3. The third-order valence-electron chi connectivity index (χ3n) is 5.73. The van der Waals surface area contributed by atoms with Crippen LogP contribution >= 0.6 is 0 Å². The van der Waals surface area contributed by atoms with Crippen molar-refractivity contribution < 1.29 is 9.53 Å². The third-order valence-corrected chi connectivity index (χ3v) is 5.73. The first-order valence-corrected chi connectivity index (χ1v) is 10.6. The molecule has 0 bridgehead atoms. The monoisotopic (exact) mass is 428 g/mol. The van der Waals surface area contributed by atoms with Gasteiger partial charge < -0.3 is 14.5 Å². The fraction of sp³-hybridized carbons (Fsp3) is 0.208. The first kappa shape index (κ1) is 19.9. The van der Waals surface area contributed by atoms with Crippen molar-refractivity contribution in [2.24, 2.45) is 0 Å². The van der Waals surface area contributed by atoms with E-state index in [-0.39, 0.29) is 6.03 Å². The summed E-state index contributed by atoms with van der Waals surface area (Å²) in [4.78, 5) is 21.2. The Balaban J connectivity index is 1.27. The van der Waals surface area contributed by atoms with E-state index >= 15 is 0 Å². The van der Waals surface area contributed by atoms with E-state index in [1.54, 1.807) is 13.3 Å². The Labute approximate surface area is 185 Å². The van der Waals surface area contributed by atoms with Crippen LogP contribution in [0.4, 0.5) is 16.4 Å². The summed E-state index contributed by atoms with van der Waals surface area (Å²) in [5.41, 5.74) is 2.96. The van der Waals surface area contributed by atoms with Gasteiger partial charge >= 0.3 is 6.03 Å². The lowest BCUT2D eigenvalue weighted by Gasteiger charge is -2.35. The van der Waals surface area contributed by atoms with Gasteiger partial charge in [-0.1, -0.05) is 24.3 Å². The maximum atomic E-state index is 12.8. The van der Waals surface area contributed by atoms with Crippen LogP contribution in [0.3, 0.4) is 0 Å². The summed E-state index contributed by atoms with van der Waals surface area (Å²) in [6.45, 7) is 2.75. The highest BCUT2D eigenvalue weighted by molar-refractivity contribution is 6.00. The van der Waals surface area contributed by atoms with E-state index in [1.807, 2.05) is 65.6 Å². The molecule has 0 atom stereocenters. The Morgan fingerprint density at radius 1 is 1.00 bits per heavy atom. The SMILES string of the molecule is COc1cccc(-c2ccc3c(NC(=O)N4CCN(c5ccccn5)CC4)n[nH]c3c2)c1. The minimum atomic E-state index is -0.143. The number of anilines is 2. The molecule has 2 amide bonds. The number of fused-ring (bicyclic) bond motifs is 1. The molecule has 4 aromatic rings. The Hall–Kier alpha value is -4.07. The van der Waals surface area contributed by atoms with Crippen molar-refractivity contribution in [1.82, 2.24) is 20.1 Å². The van der Waals surface area contributed by atoms with Crippen LogP contribution in [0.15, 0.2) is 66.9 Å². The van der Waals surface area contributed by atoms with Gasteiger partial charge in [-0.15, -0.1) is 0 Å². The number of carbonyl (C=O) groups is 1. The van der Waals surface area contributed by atoms with E-state index in [4.69, 9.17) is 4.74 Å². The number of hydrogen-bond acceptors (Lipinski definition) is 5. The number of benzene rings is 2. The fourth-order valence-corrected chi connectivity index (χ4v) is 3.96. The summed E-state index contributed by atoms with van der Waals surface area (Å²) < 4.78 is 5.32. The summed E-state index contributed by atoms with van der Waals surface area (Å²) in [7, 11) is 1.66. The average Bonchev–Trinajstić information content (AvgIpc) is 3.26. The van der Waals surface area contributed by atoms with Gasteiger partial charge in [0.2, 0.25) is 0 Å². The third kappa shape index (κ3) is 3.94. The first-order valence-electron chi connectivity index (χ1n) is 10.6. The van der Waals surface area contributed by atoms with Gasteiger partial charge in [-0.05, 0) is 47.5 Å². The molecule has 0 spiro atoms. The molecule has 0 unspecified atom stereocenters. The molecule has 162 valence electrons. The van der Waals surface area contributed by atoms with Gasteiger partial charge in [0.15, 0.2) is 5.82 Å². The number of amides is 2. The molecule has 0 saturated carbocycles. The highest BCUT2D eigenvalue weighted by Gasteiger charge is 2.23. The zero-order chi connectivity index (χ0) is 21.9. The molecule has 0 aliphatic carbocycles. The van der Waals surface area contributed by atoms with Crippen LogP contribution in [0.1, 0.15) is 0 Å². The quantitative estimate of drug-likeness (QED) is 0.513. The van der Waals surface area contributed by atoms with Gasteiger partial charge in [0.05, 0.1) is 12.6 Å². The summed E-state index contributed by atoms with van der Waals surface area (Å²) in [5.74, 6) is 2.29. The lowest BCUT2D eigenvalue weighted by atomic mass is 10.0. The lowest BCUT2D eigenvalue weighted by molar-refractivity contribution is 0.208. The first-order chi connectivity index (χ1) is 15.7. The standard InChI is InChI=1S/C24H24N6O2/c1-32-19-6-4-5-17(15-19)18-8-9-20-21(16-18)27-28-23(20)26-24(31)30-13-11-29(12-14-30)22-7-2-3-10-25-22/h2-10,15-16H,11-14H2,1H3,(H2,26,27,28,31). The minimum absolute atomic E-state index is 0.143. The number of hydrogen-bond donors (Lipinski definition) is 2. The second-order valence-corrected chi connectivity index (χ2v) is 7.66.